The van der Waals surface area contributed by atoms with Gasteiger partial charge in [0.2, 0.25) is 11.4 Å². The van der Waals surface area contributed by atoms with Gasteiger partial charge in [-0.05, 0) is 57.0 Å². The van der Waals surface area contributed by atoms with Crippen LogP contribution in [0.25, 0.3) is 12.2 Å². The number of hydrogen-bond acceptors (Lipinski definition) is 10. The molecule has 40 heavy (non-hydrogen) atoms. The largest absolute Gasteiger partial charge is 0.504 e. The van der Waals surface area contributed by atoms with E-state index in [1.54, 1.807) is 0 Å². The lowest BCUT2D eigenvalue weighted by Crippen LogP contribution is -2.51. The summed E-state index contributed by atoms with van der Waals surface area (Å²) in [5.41, 5.74) is -1.20. The average Bonchev–Trinajstić information content (AvgIpc) is 3.61. The lowest BCUT2D eigenvalue weighted by Gasteiger charge is -2.34. The van der Waals surface area contributed by atoms with Gasteiger partial charge < -0.3 is 9.47 Å². The van der Waals surface area contributed by atoms with E-state index in [1.807, 2.05) is 0 Å². The molecule has 0 bridgehead atoms. The smallest absolute Gasteiger partial charge is 0.302 e. The molecule has 16 heteroatoms. The van der Waals surface area contributed by atoms with Gasteiger partial charge in [0.1, 0.15) is 23.0 Å². The summed E-state index contributed by atoms with van der Waals surface area (Å²) in [7, 11) is 2.72. The zero-order valence-corrected chi connectivity index (χ0v) is 21.9. The predicted molar refractivity (Wildman–Crippen MR) is 137 cm³/mol. The molecule has 12 nitrogen and oxygen atoms in total. The molecule has 0 saturated heterocycles. The fourth-order valence-corrected chi connectivity index (χ4v) is 3.60. The number of aromatic nitrogens is 4. The topological polar surface area (TPSA) is 137 Å². The fourth-order valence-electron chi connectivity index (χ4n) is 3.25. The van der Waals surface area contributed by atoms with Gasteiger partial charge >= 0.3 is 11.8 Å². The highest BCUT2D eigenvalue weighted by molar-refractivity contribution is 6.31. The van der Waals surface area contributed by atoms with Crippen LogP contribution in [0.15, 0.2) is 58.2 Å². The van der Waals surface area contributed by atoms with Crippen molar-refractivity contribution in [3.63, 3.8) is 0 Å². The molecule has 0 aliphatic carbocycles. The fraction of sp³-hybridized carbons (Fsp3) is 0.0833. The summed E-state index contributed by atoms with van der Waals surface area (Å²) in [5.74, 6) is -3.64. The molecule has 2 heterocycles. The molecule has 2 amide bonds. The summed E-state index contributed by atoms with van der Waals surface area (Å²) in [6, 6.07) is 6.41. The van der Waals surface area contributed by atoms with Crippen molar-refractivity contribution in [3.05, 3.63) is 93.4 Å². The van der Waals surface area contributed by atoms with Crippen molar-refractivity contribution in [2.45, 2.75) is 0 Å². The Morgan fingerprint density at radius 1 is 0.750 bits per heavy atom. The van der Waals surface area contributed by atoms with Crippen LogP contribution in [0.4, 0.5) is 20.2 Å². The van der Waals surface area contributed by atoms with Gasteiger partial charge in [-0.3, -0.25) is 9.59 Å². The normalized spacial score (nSPS) is 11.2. The minimum absolute atomic E-state index is 0.0820. The van der Waals surface area contributed by atoms with Crippen LogP contribution in [0.3, 0.4) is 0 Å². The first-order chi connectivity index (χ1) is 19.3. The maximum Gasteiger partial charge on any atom is 0.302 e. The lowest BCUT2D eigenvalue weighted by molar-refractivity contribution is 0.0912. The molecule has 0 atom stereocenters. The second-order valence-corrected chi connectivity index (χ2v) is 8.32. The third-order valence-electron chi connectivity index (χ3n) is 5.04. The number of hydrazine groups is 1. The number of methoxy groups -OCH3 is 2. The van der Waals surface area contributed by atoms with Crippen molar-refractivity contribution in [3.8, 4) is 0 Å². The van der Waals surface area contributed by atoms with E-state index in [-0.39, 0.29) is 32.8 Å². The molecule has 0 aliphatic heterocycles. The maximum atomic E-state index is 14.1. The molecule has 0 spiro atoms. The van der Waals surface area contributed by atoms with Gasteiger partial charge in [-0.25, -0.2) is 28.1 Å². The number of carbonyl (C=O) groups is 2. The van der Waals surface area contributed by atoms with Crippen LogP contribution in [0.5, 0.6) is 0 Å². The van der Waals surface area contributed by atoms with Gasteiger partial charge in [0.05, 0.1) is 48.2 Å². The molecular formula is C24H16Cl2F2N6O6. The van der Waals surface area contributed by atoms with Crippen molar-refractivity contribution >= 4 is 58.5 Å². The van der Waals surface area contributed by atoms with E-state index in [9.17, 15) is 18.4 Å². The van der Waals surface area contributed by atoms with Gasteiger partial charge in [0.15, 0.2) is 0 Å². The summed E-state index contributed by atoms with van der Waals surface area (Å²) in [4.78, 5) is 28.1. The molecule has 2 aromatic carbocycles. The Bertz CT molecular complexity index is 1490. The monoisotopic (exact) mass is 592 g/mol. The Hall–Kier alpha value is -4.82. The van der Waals surface area contributed by atoms with Crippen LogP contribution in [0.1, 0.15) is 32.4 Å². The van der Waals surface area contributed by atoms with Crippen LogP contribution in [0.2, 0.25) is 10.0 Å². The number of anilines is 2. The van der Waals surface area contributed by atoms with Gasteiger partial charge in [0.25, 0.3) is 0 Å². The van der Waals surface area contributed by atoms with E-state index in [2.05, 4.69) is 20.6 Å². The maximum absolute atomic E-state index is 14.1. The third-order valence-corrected chi connectivity index (χ3v) is 5.62. The highest BCUT2D eigenvalue weighted by Gasteiger charge is 2.37. The standard InChI is InChI=1S/C24H16Cl2F2N6O6/c1-37-9-7-19-21(31-39-29-19)23(35)33(13-3-5-17(27)15(25)11-13)34(14-4-6-18(28)16(26)12-14)24(36)22-20(8-10-38-2)30-40-32-22/h3-12H,1-2H3/b9-7-,10-8+. The Balaban J connectivity index is 1.98. The minimum Gasteiger partial charge on any atom is -0.504 e. The number of amides is 2. The van der Waals surface area contributed by atoms with E-state index in [1.165, 1.54) is 38.9 Å². The van der Waals surface area contributed by atoms with Crippen LogP contribution >= 0.6 is 23.2 Å². The molecule has 0 saturated carbocycles. The van der Waals surface area contributed by atoms with Gasteiger partial charge in [0, 0.05) is 12.2 Å². The molecule has 0 N–H and O–H groups in total. The van der Waals surface area contributed by atoms with E-state index in [0.717, 1.165) is 46.4 Å². The van der Waals surface area contributed by atoms with Crippen molar-refractivity contribution < 1.29 is 37.1 Å². The van der Waals surface area contributed by atoms with Crippen molar-refractivity contribution in [1.82, 2.24) is 20.6 Å². The molecule has 2 aromatic heterocycles. The molecule has 4 aromatic rings. The average molecular weight is 593 g/mol. The van der Waals surface area contributed by atoms with Crippen molar-refractivity contribution in [1.29, 1.82) is 0 Å². The summed E-state index contributed by atoms with van der Waals surface area (Å²) in [6.07, 6.45) is 4.95. The number of nitrogens with zero attached hydrogens (tertiary/aromatic N) is 6. The summed E-state index contributed by atoms with van der Waals surface area (Å²) >= 11 is 12.0. The molecule has 0 fully saturated rings. The number of hydrogen-bond donors (Lipinski definition) is 0. The van der Waals surface area contributed by atoms with E-state index in [4.69, 9.17) is 41.9 Å². The lowest BCUT2D eigenvalue weighted by atomic mass is 10.2. The van der Waals surface area contributed by atoms with Gasteiger partial charge in [-0.2, -0.15) is 0 Å². The Morgan fingerprint density at radius 2 is 1.15 bits per heavy atom. The SMILES string of the molecule is CO/C=C\c1nonc1C(=O)N(c1ccc(F)c(Cl)c1)N(C(=O)c1nonc1/C=C/OC)c1ccc(F)c(Cl)c1. The van der Waals surface area contributed by atoms with Crippen LogP contribution < -0.4 is 10.0 Å². The molecule has 0 radical (unpaired) electrons. The molecule has 206 valence electrons. The summed E-state index contributed by atoms with van der Waals surface area (Å²) in [5, 5.41) is 15.4. The Kier molecular flexibility index (Phi) is 8.71. The zero-order valence-electron chi connectivity index (χ0n) is 20.4. The molecular weight excluding hydrogens is 577 g/mol. The predicted octanol–water partition coefficient (Wildman–Crippen LogP) is 5.18. The van der Waals surface area contributed by atoms with Crippen LogP contribution in [-0.4, -0.2) is 46.7 Å². The quantitative estimate of drug-likeness (QED) is 0.199. The molecule has 4 rings (SSSR count). The van der Waals surface area contributed by atoms with Gasteiger partial charge in [-0.1, -0.05) is 23.2 Å². The first kappa shape index (κ1) is 28.2. The Labute approximate surface area is 233 Å². The number of halogens is 4. The third kappa shape index (κ3) is 5.77. The van der Waals surface area contributed by atoms with E-state index in [0.29, 0.717) is 0 Å². The highest BCUT2D eigenvalue weighted by atomic mass is 35.5. The number of ether oxygens (including phenoxy) is 2. The minimum atomic E-state index is -1.01. The van der Waals surface area contributed by atoms with Gasteiger partial charge in [-0.15, -0.1) is 0 Å². The van der Waals surface area contributed by atoms with Crippen molar-refractivity contribution in [2.24, 2.45) is 0 Å². The Morgan fingerprint density at radius 3 is 1.50 bits per heavy atom. The molecule has 0 unspecified atom stereocenters. The van der Waals surface area contributed by atoms with Crippen molar-refractivity contribution in [2.75, 3.05) is 24.2 Å². The molecule has 0 aliphatic rings. The second kappa shape index (κ2) is 12.4. The van der Waals surface area contributed by atoms with Crippen LogP contribution in [0, 0.1) is 11.6 Å². The number of carbonyl (C=O) groups excluding carboxylic acids is 2. The van der Waals surface area contributed by atoms with E-state index < -0.39 is 34.8 Å². The zero-order chi connectivity index (χ0) is 28.8. The first-order valence-electron chi connectivity index (χ1n) is 10.9. The number of benzene rings is 2. The summed E-state index contributed by atoms with van der Waals surface area (Å²) in [6.45, 7) is 0. The highest BCUT2D eigenvalue weighted by Crippen LogP contribution is 2.32. The summed E-state index contributed by atoms with van der Waals surface area (Å²) < 4.78 is 47.5. The first-order valence-corrected chi connectivity index (χ1v) is 11.6. The number of rotatable bonds is 8. The van der Waals surface area contributed by atoms with E-state index >= 15 is 0 Å². The van der Waals surface area contributed by atoms with Crippen LogP contribution in [-0.2, 0) is 9.47 Å². The second-order valence-electron chi connectivity index (χ2n) is 7.50.